The van der Waals surface area contributed by atoms with Gasteiger partial charge < -0.3 is 5.11 Å². The Morgan fingerprint density at radius 2 is 2.25 bits per heavy atom. The molecule has 0 heterocycles. The average molecular weight is 179 g/mol. The molecule has 1 N–H and O–H groups in total. The summed E-state index contributed by atoms with van der Waals surface area (Å²) in [4.78, 5) is 10.0. The lowest BCUT2D eigenvalue weighted by atomic mass is 10.3. The van der Waals surface area contributed by atoms with E-state index < -0.39 is 5.97 Å². The molecule has 0 aromatic carbocycles. The Balaban J connectivity index is 2.29. The van der Waals surface area contributed by atoms with E-state index >= 15 is 0 Å². The van der Waals surface area contributed by atoms with Gasteiger partial charge in [-0.25, -0.2) is 0 Å². The fourth-order valence-corrected chi connectivity index (χ4v) is 1.02. The van der Waals surface area contributed by atoms with E-state index in [1.807, 2.05) is 0 Å². The number of alkyl halides is 1. The molecular weight excluding hydrogens is 172 g/mol. The maximum absolute atomic E-state index is 10.0. The van der Waals surface area contributed by atoms with Crippen molar-refractivity contribution >= 4 is 21.9 Å². The minimum atomic E-state index is -0.709. The predicted molar refractivity (Wildman–Crippen MR) is 33.1 cm³/mol. The summed E-state index contributed by atoms with van der Waals surface area (Å²) in [6, 6.07) is 0. The number of carboxylic acid groups (broad SMARTS) is 1. The minimum Gasteiger partial charge on any atom is -0.481 e. The van der Waals surface area contributed by atoms with E-state index in [4.69, 9.17) is 5.11 Å². The highest BCUT2D eigenvalue weighted by Crippen LogP contribution is 2.47. The monoisotopic (exact) mass is 178 g/mol. The molecular formula is C5H7BrO2. The van der Waals surface area contributed by atoms with E-state index in [9.17, 15) is 4.79 Å². The summed E-state index contributed by atoms with van der Waals surface area (Å²) in [5, 5.41) is 8.26. The highest BCUT2D eigenvalue weighted by molar-refractivity contribution is 9.10. The Labute approximate surface area is 56.0 Å². The topological polar surface area (TPSA) is 37.3 Å². The van der Waals surface area contributed by atoms with Crippen molar-refractivity contribution < 1.29 is 9.90 Å². The third-order valence-corrected chi connectivity index (χ3v) is 2.33. The van der Waals surface area contributed by atoms with Gasteiger partial charge >= 0.3 is 5.97 Å². The Morgan fingerprint density at radius 1 is 1.75 bits per heavy atom. The lowest BCUT2D eigenvalue weighted by molar-refractivity contribution is -0.137. The maximum atomic E-state index is 10.0. The molecule has 1 fully saturated rings. The number of hydrogen-bond donors (Lipinski definition) is 1. The maximum Gasteiger partial charge on any atom is 0.304 e. The van der Waals surface area contributed by atoms with Crippen LogP contribution in [0, 0.1) is 0 Å². The van der Waals surface area contributed by atoms with Crippen LogP contribution in [-0.4, -0.2) is 15.4 Å². The first-order valence-corrected chi connectivity index (χ1v) is 3.32. The molecule has 0 aromatic rings. The first kappa shape index (κ1) is 6.08. The minimum absolute atomic E-state index is 0.0150. The van der Waals surface area contributed by atoms with Gasteiger partial charge in [0.15, 0.2) is 0 Å². The van der Waals surface area contributed by atoms with Crippen molar-refractivity contribution in [2.75, 3.05) is 0 Å². The number of carboxylic acids is 1. The van der Waals surface area contributed by atoms with E-state index in [1.165, 1.54) is 0 Å². The molecule has 0 saturated heterocycles. The molecule has 0 amide bonds. The molecule has 0 spiro atoms. The summed E-state index contributed by atoms with van der Waals surface area (Å²) in [6.45, 7) is 0. The second-order valence-electron chi connectivity index (χ2n) is 2.22. The first-order chi connectivity index (χ1) is 3.62. The highest BCUT2D eigenvalue weighted by atomic mass is 79.9. The van der Waals surface area contributed by atoms with Crippen LogP contribution in [0.25, 0.3) is 0 Å². The van der Waals surface area contributed by atoms with Crippen LogP contribution in [0.3, 0.4) is 0 Å². The first-order valence-electron chi connectivity index (χ1n) is 2.53. The molecule has 2 nitrogen and oxygen atoms in total. The smallest absolute Gasteiger partial charge is 0.304 e. The average Bonchev–Trinajstić information content (AvgIpc) is 2.17. The van der Waals surface area contributed by atoms with Crippen LogP contribution in [0.5, 0.6) is 0 Å². The Kier molecular flexibility index (Phi) is 1.31. The predicted octanol–water partition coefficient (Wildman–Crippen LogP) is 1.39. The molecule has 8 heavy (non-hydrogen) atoms. The standard InChI is InChI=1S/C5H7BrO2/c6-5(1-2-5)3-4(7)8/h1-3H2,(H,7,8). The largest absolute Gasteiger partial charge is 0.481 e. The number of halogens is 1. The molecule has 0 unspecified atom stereocenters. The van der Waals surface area contributed by atoms with Crippen molar-refractivity contribution in [2.24, 2.45) is 0 Å². The molecule has 3 heteroatoms. The van der Waals surface area contributed by atoms with E-state index in [0.717, 1.165) is 12.8 Å². The SMILES string of the molecule is O=C(O)CC1(Br)CC1. The van der Waals surface area contributed by atoms with Crippen LogP contribution in [0.1, 0.15) is 19.3 Å². The van der Waals surface area contributed by atoms with Gasteiger partial charge in [-0.05, 0) is 12.8 Å². The number of aliphatic carboxylic acids is 1. The van der Waals surface area contributed by atoms with Crippen molar-refractivity contribution in [3.63, 3.8) is 0 Å². The normalized spacial score (nSPS) is 22.6. The fraction of sp³-hybridized carbons (Fsp3) is 0.800. The number of rotatable bonds is 2. The summed E-state index contributed by atoms with van der Waals surface area (Å²) in [5.74, 6) is -0.709. The van der Waals surface area contributed by atoms with Gasteiger partial charge in [0.05, 0.1) is 6.42 Å². The highest BCUT2D eigenvalue weighted by Gasteiger charge is 2.41. The molecule has 0 bridgehead atoms. The third-order valence-electron chi connectivity index (χ3n) is 1.26. The van der Waals surface area contributed by atoms with E-state index in [1.54, 1.807) is 0 Å². The van der Waals surface area contributed by atoms with Crippen LogP contribution < -0.4 is 0 Å². The molecule has 1 saturated carbocycles. The Morgan fingerprint density at radius 3 is 2.38 bits per heavy atom. The molecule has 1 rings (SSSR count). The van der Waals surface area contributed by atoms with E-state index in [2.05, 4.69) is 15.9 Å². The van der Waals surface area contributed by atoms with Gasteiger partial charge in [0.2, 0.25) is 0 Å². The fourth-order valence-electron chi connectivity index (χ4n) is 0.583. The molecule has 1 aliphatic carbocycles. The zero-order valence-electron chi connectivity index (χ0n) is 4.35. The summed E-state index contributed by atoms with van der Waals surface area (Å²) < 4.78 is -0.0150. The van der Waals surface area contributed by atoms with Crippen molar-refractivity contribution in [2.45, 2.75) is 23.6 Å². The molecule has 1 aliphatic rings. The van der Waals surface area contributed by atoms with E-state index in [-0.39, 0.29) is 10.7 Å². The van der Waals surface area contributed by atoms with Crippen molar-refractivity contribution in [3.05, 3.63) is 0 Å². The van der Waals surface area contributed by atoms with Crippen LogP contribution in [0.15, 0.2) is 0 Å². The second-order valence-corrected chi connectivity index (χ2v) is 3.90. The van der Waals surface area contributed by atoms with Gasteiger partial charge in [-0.1, -0.05) is 15.9 Å². The zero-order chi connectivity index (χ0) is 6.20. The van der Waals surface area contributed by atoms with Crippen LogP contribution in [-0.2, 0) is 4.79 Å². The van der Waals surface area contributed by atoms with Crippen molar-refractivity contribution in [3.8, 4) is 0 Å². The van der Waals surface area contributed by atoms with Gasteiger partial charge in [-0.3, -0.25) is 4.79 Å². The lowest BCUT2D eigenvalue weighted by Crippen LogP contribution is -2.05. The van der Waals surface area contributed by atoms with E-state index in [0.29, 0.717) is 0 Å². The van der Waals surface area contributed by atoms with Gasteiger partial charge in [-0.15, -0.1) is 0 Å². The summed E-state index contributed by atoms with van der Waals surface area (Å²) >= 11 is 3.31. The number of carbonyl (C=O) groups is 1. The van der Waals surface area contributed by atoms with Crippen LogP contribution in [0.4, 0.5) is 0 Å². The zero-order valence-corrected chi connectivity index (χ0v) is 5.94. The second kappa shape index (κ2) is 1.72. The molecule has 0 aromatic heterocycles. The lowest BCUT2D eigenvalue weighted by Gasteiger charge is -1.97. The molecule has 0 aliphatic heterocycles. The Hall–Kier alpha value is -0.0500. The summed E-state index contributed by atoms with van der Waals surface area (Å²) in [6.07, 6.45) is 2.30. The summed E-state index contributed by atoms with van der Waals surface area (Å²) in [7, 11) is 0. The Bertz CT molecular complexity index is 118. The van der Waals surface area contributed by atoms with Gasteiger partial charge in [0.25, 0.3) is 0 Å². The molecule has 0 radical (unpaired) electrons. The van der Waals surface area contributed by atoms with Crippen molar-refractivity contribution in [1.29, 1.82) is 0 Å². The quantitative estimate of drug-likeness (QED) is 0.650. The molecule has 46 valence electrons. The van der Waals surface area contributed by atoms with Crippen LogP contribution in [0.2, 0.25) is 0 Å². The number of hydrogen-bond acceptors (Lipinski definition) is 1. The van der Waals surface area contributed by atoms with Gasteiger partial charge in [0.1, 0.15) is 0 Å². The van der Waals surface area contributed by atoms with Crippen molar-refractivity contribution in [1.82, 2.24) is 0 Å². The molecule has 0 atom stereocenters. The summed E-state index contributed by atoms with van der Waals surface area (Å²) in [5.41, 5.74) is 0. The van der Waals surface area contributed by atoms with Gasteiger partial charge in [0, 0.05) is 4.32 Å². The van der Waals surface area contributed by atoms with Gasteiger partial charge in [-0.2, -0.15) is 0 Å². The third kappa shape index (κ3) is 1.47. The van der Waals surface area contributed by atoms with Crippen LogP contribution >= 0.6 is 15.9 Å².